The number of esters is 1. The lowest BCUT2D eigenvalue weighted by Crippen LogP contribution is -2.45. The van der Waals surface area contributed by atoms with E-state index in [4.69, 9.17) is 23.9 Å². The molecule has 2 aromatic heterocycles. The SMILES string of the molecule is COC(=O)Cc1c(C)c(C)c2nc3cn2c1N1CCC(C)(CC1)OCCOCCOc1ccc(F)cc1-c1cccc-3c1. The van der Waals surface area contributed by atoms with Crippen LogP contribution >= 0.6 is 0 Å². The van der Waals surface area contributed by atoms with E-state index in [1.165, 1.54) is 19.2 Å². The molecule has 1 saturated heterocycles. The van der Waals surface area contributed by atoms with Gasteiger partial charge in [-0.2, -0.15) is 0 Å². The highest BCUT2D eigenvalue weighted by atomic mass is 19.1. The maximum atomic E-state index is 14.4. The number of ether oxygens (including phenoxy) is 4. The Bertz CT molecular complexity index is 1660. The molecule has 0 spiro atoms. The van der Waals surface area contributed by atoms with Crippen molar-refractivity contribution in [1.82, 2.24) is 9.38 Å². The maximum Gasteiger partial charge on any atom is 0.310 e. The van der Waals surface area contributed by atoms with Crippen LogP contribution in [-0.2, 0) is 25.4 Å². The average molecular weight is 588 g/mol. The van der Waals surface area contributed by atoms with Crippen LogP contribution in [0.1, 0.15) is 36.5 Å². The molecule has 9 heteroatoms. The zero-order valence-corrected chi connectivity index (χ0v) is 25.2. The van der Waals surface area contributed by atoms with Gasteiger partial charge in [0, 0.05) is 36.0 Å². The minimum atomic E-state index is -0.338. The highest BCUT2D eigenvalue weighted by molar-refractivity contribution is 5.80. The van der Waals surface area contributed by atoms with Gasteiger partial charge in [0.25, 0.3) is 0 Å². The lowest BCUT2D eigenvalue weighted by Gasteiger charge is -2.41. The van der Waals surface area contributed by atoms with E-state index < -0.39 is 0 Å². The molecule has 4 aromatic rings. The fourth-order valence-corrected chi connectivity index (χ4v) is 6.12. The molecule has 7 rings (SSSR count). The summed E-state index contributed by atoms with van der Waals surface area (Å²) in [6.45, 7) is 9.46. The van der Waals surface area contributed by atoms with Crippen molar-refractivity contribution < 1.29 is 28.1 Å². The van der Waals surface area contributed by atoms with Crippen LogP contribution in [0.25, 0.3) is 28.0 Å². The number of imidazole rings is 1. The number of anilines is 1. The number of carbonyl (C=O) groups is 1. The van der Waals surface area contributed by atoms with E-state index in [1.807, 2.05) is 37.4 Å². The molecule has 0 amide bonds. The number of hydrogen-bond donors (Lipinski definition) is 0. The molecule has 3 aliphatic rings. The Kier molecular flexibility index (Phi) is 8.11. The Hall–Kier alpha value is -3.95. The van der Waals surface area contributed by atoms with Crippen molar-refractivity contribution >= 4 is 17.4 Å². The molecular weight excluding hydrogens is 549 g/mol. The third-order valence-electron chi connectivity index (χ3n) is 8.80. The van der Waals surface area contributed by atoms with Gasteiger partial charge in [-0.1, -0.05) is 18.2 Å². The molecule has 0 aliphatic carbocycles. The number of fused-ring (bicyclic) bond motifs is 8. The summed E-state index contributed by atoms with van der Waals surface area (Å²) in [4.78, 5) is 20.1. The standard InChI is InChI=1S/C34H38FN3O5/c1-22-23(2)32-36-29-21-38(32)33(27(22)20-31(39)40-4)37-12-10-34(3,11-13-37)43-17-15-41-14-16-42-30-9-8-26(35)19-28(30)24-6-5-7-25(29)18-24/h5-9,18-19,21H,10-17,20H2,1-4H3. The van der Waals surface area contributed by atoms with Gasteiger partial charge in [0.1, 0.15) is 29.6 Å². The molecule has 3 aliphatic heterocycles. The van der Waals surface area contributed by atoms with E-state index in [9.17, 15) is 9.18 Å². The number of piperidine rings is 1. The molecule has 8 nitrogen and oxygen atoms in total. The van der Waals surface area contributed by atoms with E-state index >= 15 is 0 Å². The number of carbonyl (C=O) groups excluding carboxylic acids is 1. The average Bonchev–Trinajstić information content (AvgIpc) is 3.46. The first-order valence-corrected chi connectivity index (χ1v) is 14.8. The van der Waals surface area contributed by atoms with Crippen molar-refractivity contribution in [2.24, 2.45) is 0 Å². The fraction of sp³-hybridized carbons (Fsp3) is 0.412. The molecule has 226 valence electrons. The number of rotatable bonds is 2. The molecule has 5 heterocycles. The van der Waals surface area contributed by atoms with Gasteiger partial charge in [0.05, 0.1) is 44.6 Å². The van der Waals surface area contributed by atoms with Gasteiger partial charge in [0.15, 0.2) is 0 Å². The summed E-state index contributed by atoms with van der Waals surface area (Å²) >= 11 is 0. The van der Waals surface area contributed by atoms with Crippen molar-refractivity contribution in [3.8, 4) is 28.1 Å². The number of halogens is 1. The van der Waals surface area contributed by atoms with E-state index in [-0.39, 0.29) is 23.8 Å². The first-order valence-electron chi connectivity index (χ1n) is 14.8. The largest absolute Gasteiger partial charge is 0.491 e. The number of aryl methyl sites for hydroxylation is 1. The highest BCUT2D eigenvalue weighted by Gasteiger charge is 2.33. The number of aromatic nitrogens is 2. The second-order valence-electron chi connectivity index (χ2n) is 11.6. The summed E-state index contributed by atoms with van der Waals surface area (Å²) in [5.41, 5.74) is 6.70. The van der Waals surface area contributed by atoms with Crippen molar-refractivity contribution in [2.45, 2.75) is 45.6 Å². The molecule has 0 saturated carbocycles. The summed E-state index contributed by atoms with van der Waals surface area (Å²) < 4.78 is 39.8. The van der Waals surface area contributed by atoms with Crippen molar-refractivity contribution in [3.63, 3.8) is 0 Å². The molecule has 6 bridgehead atoms. The molecule has 2 aromatic carbocycles. The maximum absolute atomic E-state index is 14.4. The molecule has 0 N–H and O–H groups in total. The number of methoxy groups -OCH3 is 1. The first kappa shape index (κ1) is 29.1. The van der Waals surface area contributed by atoms with Crippen molar-refractivity contribution in [3.05, 3.63) is 71.2 Å². The molecular formula is C34H38FN3O5. The Morgan fingerprint density at radius 3 is 2.58 bits per heavy atom. The van der Waals surface area contributed by atoms with Crippen molar-refractivity contribution in [2.75, 3.05) is 51.5 Å². The lowest BCUT2D eigenvalue weighted by molar-refractivity contribution is -0.139. The van der Waals surface area contributed by atoms with Crippen LogP contribution in [0.3, 0.4) is 0 Å². The predicted molar refractivity (Wildman–Crippen MR) is 163 cm³/mol. The Labute approximate surface area is 251 Å². The van der Waals surface area contributed by atoms with Gasteiger partial charge in [-0.05, 0) is 74.6 Å². The Balaban J connectivity index is 1.52. The normalized spacial score (nSPS) is 17.0. The first-order chi connectivity index (χ1) is 20.8. The number of benzene rings is 2. The fourth-order valence-electron chi connectivity index (χ4n) is 6.12. The van der Waals surface area contributed by atoms with E-state index in [2.05, 4.69) is 23.1 Å². The van der Waals surface area contributed by atoms with E-state index in [0.717, 1.165) is 70.9 Å². The predicted octanol–water partition coefficient (Wildman–Crippen LogP) is 5.92. The summed E-state index contributed by atoms with van der Waals surface area (Å²) in [5, 5.41) is 0. The molecule has 0 atom stereocenters. The quantitative estimate of drug-likeness (QED) is 0.213. The van der Waals surface area contributed by atoms with Gasteiger partial charge >= 0.3 is 5.97 Å². The zero-order chi connectivity index (χ0) is 30.1. The van der Waals surface area contributed by atoms with Crippen molar-refractivity contribution in [1.29, 1.82) is 0 Å². The Morgan fingerprint density at radius 2 is 1.79 bits per heavy atom. The molecule has 0 radical (unpaired) electrons. The molecule has 0 unspecified atom stereocenters. The van der Waals surface area contributed by atoms with E-state index in [1.54, 1.807) is 6.07 Å². The van der Waals surface area contributed by atoms with Gasteiger partial charge < -0.3 is 23.8 Å². The summed E-state index contributed by atoms with van der Waals surface area (Å²) in [6, 6.07) is 12.5. The van der Waals surface area contributed by atoms with Crippen LogP contribution in [-0.4, -0.2) is 67.6 Å². The van der Waals surface area contributed by atoms with Crippen LogP contribution in [0.2, 0.25) is 0 Å². The zero-order valence-electron chi connectivity index (χ0n) is 25.2. The number of pyridine rings is 1. The topological polar surface area (TPSA) is 74.5 Å². The van der Waals surface area contributed by atoms with Crippen LogP contribution in [0.5, 0.6) is 5.75 Å². The second-order valence-corrected chi connectivity index (χ2v) is 11.6. The highest BCUT2D eigenvalue weighted by Crippen LogP contribution is 2.38. The van der Waals surface area contributed by atoms with Crippen LogP contribution < -0.4 is 9.64 Å². The van der Waals surface area contributed by atoms with Crippen LogP contribution in [0, 0.1) is 19.7 Å². The minimum absolute atomic E-state index is 0.168. The summed E-state index contributed by atoms with van der Waals surface area (Å²) in [5.74, 6) is 0.923. The minimum Gasteiger partial charge on any atom is -0.491 e. The van der Waals surface area contributed by atoms with Crippen LogP contribution in [0.4, 0.5) is 10.2 Å². The smallest absolute Gasteiger partial charge is 0.310 e. The summed E-state index contributed by atoms with van der Waals surface area (Å²) in [7, 11) is 1.42. The number of hydrogen-bond acceptors (Lipinski definition) is 7. The second kappa shape index (κ2) is 12.0. The van der Waals surface area contributed by atoms with Gasteiger partial charge in [-0.3, -0.25) is 9.20 Å². The van der Waals surface area contributed by atoms with Crippen LogP contribution in [0.15, 0.2) is 48.7 Å². The monoisotopic (exact) mass is 587 g/mol. The Morgan fingerprint density at radius 1 is 1.02 bits per heavy atom. The third kappa shape index (κ3) is 5.84. The number of nitrogens with zero attached hydrogens (tertiary/aromatic N) is 3. The lowest BCUT2D eigenvalue weighted by atomic mass is 9.92. The molecule has 43 heavy (non-hydrogen) atoms. The van der Waals surface area contributed by atoms with Gasteiger partial charge in [-0.25, -0.2) is 9.37 Å². The molecule has 1 fully saturated rings. The third-order valence-corrected chi connectivity index (χ3v) is 8.80. The summed E-state index contributed by atoms with van der Waals surface area (Å²) in [6.07, 6.45) is 3.87. The van der Waals surface area contributed by atoms with Gasteiger partial charge in [-0.15, -0.1) is 0 Å². The van der Waals surface area contributed by atoms with E-state index in [0.29, 0.717) is 37.7 Å². The van der Waals surface area contributed by atoms with Gasteiger partial charge in [0.2, 0.25) is 0 Å².